The van der Waals surface area contributed by atoms with Crippen molar-refractivity contribution in [1.29, 1.82) is 0 Å². The summed E-state index contributed by atoms with van der Waals surface area (Å²) in [5.41, 5.74) is 10.5. The topological polar surface area (TPSA) is 90.7 Å². The molecule has 0 saturated carbocycles. The summed E-state index contributed by atoms with van der Waals surface area (Å²) in [6, 6.07) is 58.9. The van der Waals surface area contributed by atoms with Crippen molar-refractivity contribution in [2.24, 2.45) is 0 Å². The van der Waals surface area contributed by atoms with E-state index in [2.05, 4.69) is 48.5 Å². The molecule has 56 heavy (non-hydrogen) atoms. The zero-order valence-electron chi connectivity index (χ0n) is 29.8. The van der Waals surface area contributed by atoms with Gasteiger partial charge in [0.25, 0.3) is 0 Å². The van der Waals surface area contributed by atoms with Crippen molar-refractivity contribution in [3.05, 3.63) is 176 Å². The number of nitrogens with zero attached hydrogens (tertiary/aromatic N) is 5. The smallest absolute Gasteiger partial charge is 0.164 e. The fourth-order valence-electron chi connectivity index (χ4n) is 7.35. The highest BCUT2D eigenvalue weighted by molar-refractivity contribution is 6.07. The molecule has 11 aromatic rings. The largest absolute Gasteiger partial charge is 0.456 e. The van der Waals surface area contributed by atoms with E-state index >= 15 is 0 Å². The Hall–Kier alpha value is -7.77. The number of rotatable bonds is 6. The van der Waals surface area contributed by atoms with Crippen molar-refractivity contribution in [2.45, 2.75) is 0 Å². The maximum atomic E-state index is 6.12. The van der Waals surface area contributed by atoms with Crippen LogP contribution in [0.2, 0.25) is 0 Å². The van der Waals surface area contributed by atoms with Crippen molar-refractivity contribution in [2.75, 3.05) is 0 Å². The van der Waals surface area contributed by atoms with E-state index in [4.69, 9.17) is 33.8 Å². The molecule has 4 aromatic heterocycles. The fourth-order valence-corrected chi connectivity index (χ4v) is 7.35. The predicted molar refractivity (Wildman–Crippen MR) is 223 cm³/mol. The average Bonchev–Trinajstić information content (AvgIpc) is 3.84. The third kappa shape index (κ3) is 5.58. The maximum Gasteiger partial charge on any atom is 0.164 e. The van der Waals surface area contributed by atoms with E-state index in [1.807, 2.05) is 127 Å². The molecule has 11 rings (SSSR count). The predicted octanol–water partition coefficient (Wildman–Crippen LogP) is 12.5. The lowest BCUT2D eigenvalue weighted by Crippen LogP contribution is -2.00. The first-order chi connectivity index (χ1) is 27.7. The molecule has 0 bridgehead atoms. The van der Waals surface area contributed by atoms with E-state index in [0.29, 0.717) is 23.3 Å². The number of aromatic nitrogens is 5. The van der Waals surface area contributed by atoms with Gasteiger partial charge in [0.2, 0.25) is 0 Å². The summed E-state index contributed by atoms with van der Waals surface area (Å²) in [6.45, 7) is 0. The zero-order chi connectivity index (χ0) is 37.0. The van der Waals surface area contributed by atoms with E-state index in [9.17, 15) is 0 Å². The van der Waals surface area contributed by atoms with Gasteiger partial charge in [-0.2, -0.15) is 0 Å². The average molecular weight is 720 g/mol. The lowest BCUT2D eigenvalue weighted by Gasteiger charge is -2.11. The van der Waals surface area contributed by atoms with Crippen molar-refractivity contribution < 1.29 is 8.83 Å². The van der Waals surface area contributed by atoms with Crippen LogP contribution < -0.4 is 0 Å². The fraction of sp³-hybridized carbons (Fsp3) is 0. The highest BCUT2D eigenvalue weighted by atomic mass is 16.3. The van der Waals surface area contributed by atoms with E-state index < -0.39 is 0 Å². The second-order valence-electron chi connectivity index (χ2n) is 13.7. The molecule has 0 unspecified atom stereocenters. The maximum absolute atomic E-state index is 6.12. The normalized spacial score (nSPS) is 11.6. The Morgan fingerprint density at radius 3 is 1.20 bits per heavy atom. The van der Waals surface area contributed by atoms with Crippen LogP contribution in [0.4, 0.5) is 0 Å². The van der Waals surface area contributed by atoms with Crippen molar-refractivity contribution in [3.63, 3.8) is 0 Å². The van der Waals surface area contributed by atoms with Gasteiger partial charge in [-0.25, -0.2) is 24.9 Å². The molecular weight excluding hydrogens is 691 g/mol. The van der Waals surface area contributed by atoms with Crippen LogP contribution in [0.5, 0.6) is 0 Å². The number of furan rings is 2. The molecule has 262 valence electrons. The molecule has 0 aliphatic carbocycles. The quantitative estimate of drug-likeness (QED) is 0.169. The second-order valence-corrected chi connectivity index (χ2v) is 13.7. The third-order valence-electron chi connectivity index (χ3n) is 10.2. The van der Waals surface area contributed by atoms with Crippen LogP contribution in [0.3, 0.4) is 0 Å². The highest BCUT2D eigenvalue weighted by Gasteiger charge is 2.17. The van der Waals surface area contributed by atoms with Gasteiger partial charge in [0.15, 0.2) is 23.3 Å². The summed E-state index contributed by atoms with van der Waals surface area (Å²) < 4.78 is 12.2. The van der Waals surface area contributed by atoms with Gasteiger partial charge in [0.1, 0.15) is 22.3 Å². The van der Waals surface area contributed by atoms with Crippen LogP contribution in [0.25, 0.3) is 112 Å². The Bertz CT molecular complexity index is 3030. The van der Waals surface area contributed by atoms with Crippen molar-refractivity contribution >= 4 is 43.9 Å². The molecule has 0 N–H and O–H groups in total. The van der Waals surface area contributed by atoms with E-state index in [1.165, 1.54) is 0 Å². The van der Waals surface area contributed by atoms with Crippen molar-refractivity contribution in [1.82, 2.24) is 24.9 Å². The second kappa shape index (κ2) is 13.0. The third-order valence-corrected chi connectivity index (χ3v) is 10.2. The van der Waals surface area contributed by atoms with Crippen LogP contribution in [0.15, 0.2) is 185 Å². The molecule has 0 amide bonds. The molecule has 4 heterocycles. The molecule has 0 fully saturated rings. The first kappa shape index (κ1) is 31.7. The van der Waals surface area contributed by atoms with Crippen molar-refractivity contribution in [3.8, 4) is 68.1 Å². The number of hydrogen-bond acceptors (Lipinski definition) is 7. The Labute approximate surface area is 320 Å². The van der Waals surface area contributed by atoms with E-state index in [-0.39, 0.29) is 0 Å². The minimum atomic E-state index is 0.567. The summed E-state index contributed by atoms with van der Waals surface area (Å²) >= 11 is 0. The first-order valence-electron chi connectivity index (χ1n) is 18.4. The number of para-hydroxylation sites is 2. The van der Waals surface area contributed by atoms with Crippen LogP contribution in [0.1, 0.15) is 0 Å². The van der Waals surface area contributed by atoms with Gasteiger partial charge in [0, 0.05) is 54.9 Å². The van der Waals surface area contributed by atoms with Gasteiger partial charge in [-0.3, -0.25) is 0 Å². The Morgan fingerprint density at radius 2 is 0.625 bits per heavy atom. The van der Waals surface area contributed by atoms with Crippen LogP contribution in [0, 0.1) is 0 Å². The first-order valence-corrected chi connectivity index (χ1v) is 18.4. The molecule has 0 atom stereocenters. The van der Waals surface area contributed by atoms with Crippen LogP contribution in [-0.4, -0.2) is 24.9 Å². The zero-order valence-corrected chi connectivity index (χ0v) is 29.8. The van der Waals surface area contributed by atoms with Gasteiger partial charge < -0.3 is 8.83 Å². The molecule has 7 aromatic carbocycles. The number of benzene rings is 7. The summed E-state index contributed by atoms with van der Waals surface area (Å²) in [4.78, 5) is 25.2. The van der Waals surface area contributed by atoms with Gasteiger partial charge in [-0.1, -0.05) is 121 Å². The Kier molecular flexibility index (Phi) is 7.35. The van der Waals surface area contributed by atoms with E-state index in [0.717, 1.165) is 88.6 Å². The molecule has 0 saturated heterocycles. The summed E-state index contributed by atoms with van der Waals surface area (Å²) in [5, 5.41) is 4.19. The minimum absolute atomic E-state index is 0.567. The number of fused-ring (bicyclic) bond motifs is 6. The SMILES string of the molecule is c1ccc(-c2cc(-c3ccc4oc5ccccc5c4c3)nc(-c3ccc(-c4nc(-c5ccccc5)nc(-c5ccc6oc7ccccc7c6c5)n4)cc3)n2)cc1. The molecule has 0 spiro atoms. The minimum Gasteiger partial charge on any atom is -0.456 e. The van der Waals surface area contributed by atoms with Crippen LogP contribution >= 0.6 is 0 Å². The Balaban J connectivity index is 1.01. The van der Waals surface area contributed by atoms with Crippen LogP contribution in [-0.2, 0) is 0 Å². The summed E-state index contributed by atoms with van der Waals surface area (Å²) in [5.74, 6) is 2.36. The summed E-state index contributed by atoms with van der Waals surface area (Å²) in [6.07, 6.45) is 0. The molecular formula is C49H29N5O2. The lowest BCUT2D eigenvalue weighted by atomic mass is 10.0. The highest BCUT2D eigenvalue weighted by Crippen LogP contribution is 2.35. The molecule has 7 nitrogen and oxygen atoms in total. The molecule has 0 aliphatic heterocycles. The van der Waals surface area contributed by atoms with Gasteiger partial charge in [-0.05, 0) is 54.6 Å². The van der Waals surface area contributed by atoms with Gasteiger partial charge in [-0.15, -0.1) is 0 Å². The monoisotopic (exact) mass is 719 g/mol. The standard InChI is InChI=1S/C49H29N5O2/c1-3-11-30(12-4-1)40-29-41(34-23-25-44-38(27-34)36-15-7-9-17-42(36)55-44)51-46(50-40)32-19-21-33(22-20-32)48-52-47(31-13-5-2-6-14-31)53-49(54-48)35-24-26-45-39(28-35)37-16-8-10-18-43(37)56-45/h1-29H. The number of hydrogen-bond donors (Lipinski definition) is 0. The Morgan fingerprint density at radius 1 is 0.250 bits per heavy atom. The van der Waals surface area contributed by atoms with Gasteiger partial charge in [0.05, 0.1) is 11.4 Å². The molecule has 0 radical (unpaired) electrons. The van der Waals surface area contributed by atoms with Gasteiger partial charge >= 0.3 is 0 Å². The summed E-state index contributed by atoms with van der Waals surface area (Å²) in [7, 11) is 0. The molecule has 0 aliphatic rings. The lowest BCUT2D eigenvalue weighted by molar-refractivity contribution is 0.668. The van der Waals surface area contributed by atoms with E-state index in [1.54, 1.807) is 0 Å². The molecule has 7 heteroatoms.